The monoisotopic (exact) mass is 181 g/mol. The maximum absolute atomic E-state index is 11.1. The number of fused-ring (bicyclic) bond motifs is 1. The van der Waals surface area contributed by atoms with Gasteiger partial charge in [0, 0.05) is 0 Å². The van der Waals surface area contributed by atoms with Crippen LogP contribution in [0, 0.1) is 5.21 Å². The van der Waals surface area contributed by atoms with Gasteiger partial charge in [0.05, 0.1) is 6.07 Å². The predicted molar refractivity (Wildman–Crippen MR) is 41.8 cm³/mol. The summed E-state index contributed by atoms with van der Waals surface area (Å²) in [5.41, 5.74) is 0.0178. The van der Waals surface area contributed by atoms with Gasteiger partial charge in [-0.05, 0) is 0 Å². The van der Waals surface area contributed by atoms with Crippen molar-refractivity contribution < 1.29 is 19.0 Å². The third-order valence-corrected chi connectivity index (χ3v) is 1.73. The van der Waals surface area contributed by atoms with Crippen LogP contribution in [0.3, 0.4) is 0 Å². The lowest BCUT2D eigenvalue weighted by atomic mass is 10.3. The minimum atomic E-state index is 0.0178. The molecule has 0 atom stereocenters. The third-order valence-electron chi connectivity index (χ3n) is 1.73. The van der Waals surface area contributed by atoms with E-state index in [1.54, 1.807) is 0 Å². The van der Waals surface area contributed by atoms with E-state index in [1.807, 2.05) is 0 Å². The van der Waals surface area contributed by atoms with E-state index in [9.17, 15) is 10.0 Å². The number of hydrogen-bond acceptors (Lipinski definition) is 4. The Morgan fingerprint density at radius 3 is 2.77 bits per heavy atom. The third kappa shape index (κ3) is 1.28. The molecule has 0 aromatic carbocycles. The van der Waals surface area contributed by atoms with Crippen molar-refractivity contribution in [3.05, 3.63) is 23.2 Å². The topological polar surface area (TPSA) is 62.5 Å². The second-order valence-corrected chi connectivity index (χ2v) is 2.57. The maximum Gasteiger partial charge on any atom is 0.260 e. The summed E-state index contributed by atoms with van der Waals surface area (Å²) in [4.78, 5) is 10.4. The van der Waals surface area contributed by atoms with E-state index >= 15 is 0 Å². The Hall–Kier alpha value is -1.78. The van der Waals surface area contributed by atoms with E-state index in [-0.39, 0.29) is 5.69 Å². The van der Waals surface area contributed by atoms with Crippen molar-refractivity contribution in [2.24, 2.45) is 0 Å². The van der Waals surface area contributed by atoms with Crippen LogP contribution in [-0.2, 0) is 0 Å². The molecule has 5 heteroatoms. The average Bonchev–Trinajstić information content (AvgIpc) is 2.17. The molecule has 5 nitrogen and oxygen atoms in total. The lowest BCUT2D eigenvalue weighted by molar-refractivity contribution is -0.607. The SMILES string of the molecule is O=Cc1cc2c(c[n+]1[O-])OCCO2. The lowest BCUT2D eigenvalue weighted by Gasteiger charge is -2.17. The molecule has 0 amide bonds. The van der Waals surface area contributed by atoms with Gasteiger partial charge in [0.25, 0.3) is 5.69 Å². The summed E-state index contributed by atoms with van der Waals surface area (Å²) in [7, 11) is 0. The first-order valence-electron chi connectivity index (χ1n) is 3.79. The van der Waals surface area contributed by atoms with Gasteiger partial charge in [0.2, 0.25) is 18.2 Å². The highest BCUT2D eigenvalue weighted by Crippen LogP contribution is 2.27. The van der Waals surface area contributed by atoms with Gasteiger partial charge in [-0.1, -0.05) is 0 Å². The van der Waals surface area contributed by atoms with Crippen molar-refractivity contribution in [2.45, 2.75) is 0 Å². The smallest absolute Gasteiger partial charge is 0.260 e. The predicted octanol–water partition coefficient (Wildman–Crippen LogP) is -0.0963. The Balaban J connectivity index is 2.50. The van der Waals surface area contributed by atoms with Gasteiger partial charge >= 0.3 is 0 Å². The Kier molecular flexibility index (Phi) is 1.77. The zero-order valence-corrected chi connectivity index (χ0v) is 6.73. The van der Waals surface area contributed by atoms with E-state index in [0.29, 0.717) is 35.7 Å². The highest BCUT2D eigenvalue weighted by Gasteiger charge is 2.18. The molecule has 0 saturated heterocycles. The van der Waals surface area contributed by atoms with Crippen molar-refractivity contribution in [1.29, 1.82) is 0 Å². The Morgan fingerprint density at radius 2 is 2.08 bits per heavy atom. The average molecular weight is 181 g/mol. The van der Waals surface area contributed by atoms with Crippen molar-refractivity contribution in [3.63, 3.8) is 0 Å². The van der Waals surface area contributed by atoms with Gasteiger partial charge in [-0.3, -0.25) is 4.79 Å². The van der Waals surface area contributed by atoms with Crippen LogP contribution in [0.5, 0.6) is 11.5 Å². The van der Waals surface area contributed by atoms with E-state index < -0.39 is 0 Å². The van der Waals surface area contributed by atoms with Crippen LogP contribution in [0.4, 0.5) is 0 Å². The summed E-state index contributed by atoms with van der Waals surface area (Å²) in [5, 5.41) is 11.1. The molecule has 2 rings (SSSR count). The van der Waals surface area contributed by atoms with E-state index in [2.05, 4.69) is 0 Å². The first-order chi connectivity index (χ1) is 6.31. The molecule has 0 unspecified atom stereocenters. The van der Waals surface area contributed by atoms with Crippen molar-refractivity contribution in [2.75, 3.05) is 13.2 Å². The van der Waals surface area contributed by atoms with Crippen molar-refractivity contribution >= 4 is 6.29 Å². The minimum Gasteiger partial charge on any atom is -0.618 e. The molecule has 0 spiro atoms. The molecule has 68 valence electrons. The van der Waals surface area contributed by atoms with Crippen molar-refractivity contribution in [3.8, 4) is 11.5 Å². The lowest BCUT2D eigenvalue weighted by Crippen LogP contribution is -2.32. The van der Waals surface area contributed by atoms with Crippen LogP contribution < -0.4 is 14.2 Å². The molecule has 1 aliphatic rings. The normalized spacial score (nSPS) is 13.8. The molecule has 0 saturated carbocycles. The molecule has 0 bridgehead atoms. The van der Waals surface area contributed by atoms with Gasteiger partial charge < -0.3 is 14.7 Å². The standard InChI is InChI=1S/C8H7NO4/c10-5-6-3-7-8(4-9(6)11)13-2-1-12-7/h3-5H,1-2H2. The number of nitrogens with zero attached hydrogens (tertiary/aromatic N) is 1. The van der Waals surface area contributed by atoms with Gasteiger partial charge in [-0.2, -0.15) is 4.73 Å². The fourth-order valence-electron chi connectivity index (χ4n) is 1.12. The van der Waals surface area contributed by atoms with Gasteiger partial charge in [-0.25, -0.2) is 0 Å². The number of rotatable bonds is 1. The number of pyridine rings is 1. The zero-order chi connectivity index (χ0) is 9.26. The van der Waals surface area contributed by atoms with Gasteiger partial charge in [0.1, 0.15) is 13.2 Å². The molecule has 0 radical (unpaired) electrons. The van der Waals surface area contributed by atoms with Gasteiger partial charge in [0.15, 0.2) is 5.75 Å². The first kappa shape index (κ1) is 7.85. The highest BCUT2D eigenvalue weighted by atomic mass is 16.6. The van der Waals surface area contributed by atoms with Crippen molar-refractivity contribution in [1.82, 2.24) is 0 Å². The number of aromatic nitrogens is 1. The summed E-state index contributed by atoms with van der Waals surface area (Å²) in [6.45, 7) is 0.863. The Morgan fingerprint density at radius 1 is 1.38 bits per heavy atom. The Bertz CT molecular complexity index is 350. The molecule has 13 heavy (non-hydrogen) atoms. The highest BCUT2D eigenvalue weighted by molar-refractivity contribution is 5.71. The summed E-state index contributed by atoms with van der Waals surface area (Å²) in [6.07, 6.45) is 1.67. The summed E-state index contributed by atoms with van der Waals surface area (Å²) >= 11 is 0. The zero-order valence-electron chi connectivity index (χ0n) is 6.73. The molecule has 1 aliphatic heterocycles. The number of aldehydes is 1. The molecule has 2 heterocycles. The first-order valence-corrected chi connectivity index (χ1v) is 3.79. The molecular weight excluding hydrogens is 174 g/mol. The quantitative estimate of drug-likeness (QED) is 0.345. The molecule has 1 aromatic heterocycles. The van der Waals surface area contributed by atoms with Gasteiger partial charge in [-0.15, -0.1) is 0 Å². The second kappa shape index (κ2) is 2.93. The fraction of sp³-hybridized carbons (Fsp3) is 0.250. The molecule has 0 N–H and O–H groups in total. The molecular formula is C8H7NO4. The van der Waals surface area contributed by atoms with Crippen LogP contribution >= 0.6 is 0 Å². The van der Waals surface area contributed by atoms with E-state index in [0.717, 1.165) is 0 Å². The van der Waals surface area contributed by atoms with Crippen LogP contribution in [-0.4, -0.2) is 19.5 Å². The molecule has 0 fully saturated rings. The van der Waals surface area contributed by atoms with Crippen LogP contribution in [0.15, 0.2) is 12.3 Å². The summed E-state index contributed by atoms with van der Waals surface area (Å²) in [5.74, 6) is 0.826. The van der Waals surface area contributed by atoms with Crippen LogP contribution in [0.1, 0.15) is 10.5 Å². The molecule has 0 aliphatic carbocycles. The van der Waals surface area contributed by atoms with Crippen LogP contribution in [0.25, 0.3) is 0 Å². The van der Waals surface area contributed by atoms with Crippen LogP contribution in [0.2, 0.25) is 0 Å². The second-order valence-electron chi connectivity index (χ2n) is 2.57. The van der Waals surface area contributed by atoms with E-state index in [4.69, 9.17) is 9.47 Å². The van der Waals surface area contributed by atoms with E-state index in [1.165, 1.54) is 12.3 Å². The maximum atomic E-state index is 11.1. The Labute approximate surface area is 74.1 Å². The summed E-state index contributed by atoms with van der Waals surface area (Å²) in [6, 6.07) is 1.37. The minimum absolute atomic E-state index is 0.0178. The summed E-state index contributed by atoms with van der Waals surface area (Å²) < 4.78 is 10.8. The largest absolute Gasteiger partial charge is 0.618 e. The number of carbonyl (C=O) groups excluding carboxylic acids is 1. The molecule has 1 aromatic rings. The number of hydrogen-bond donors (Lipinski definition) is 0. The number of ether oxygens (including phenoxy) is 2. The fourth-order valence-corrected chi connectivity index (χ4v) is 1.12. The number of carbonyl (C=O) groups is 1.